The van der Waals surface area contributed by atoms with Gasteiger partial charge >= 0.3 is 5.97 Å². The van der Waals surface area contributed by atoms with Gasteiger partial charge in [-0.05, 0) is 32.9 Å². The molecule has 0 aliphatic carbocycles. The van der Waals surface area contributed by atoms with Gasteiger partial charge in [0.2, 0.25) is 0 Å². The molecule has 8 heteroatoms. The van der Waals surface area contributed by atoms with E-state index in [1.54, 1.807) is 32.9 Å². The fourth-order valence-corrected chi connectivity index (χ4v) is 2.45. The van der Waals surface area contributed by atoms with Gasteiger partial charge in [0.15, 0.2) is 5.76 Å². The van der Waals surface area contributed by atoms with Crippen molar-refractivity contribution in [3.05, 3.63) is 63.6 Å². The van der Waals surface area contributed by atoms with Gasteiger partial charge in [0.05, 0.1) is 29.1 Å². The van der Waals surface area contributed by atoms with Gasteiger partial charge in [-0.1, -0.05) is 18.2 Å². The Hall–Kier alpha value is -3.16. The summed E-state index contributed by atoms with van der Waals surface area (Å²) in [6.07, 6.45) is -0.577. The lowest BCUT2D eigenvalue weighted by Crippen LogP contribution is -2.31. The molecule has 0 saturated carbocycles. The first kappa shape index (κ1) is 19.2. The predicted molar refractivity (Wildman–Crippen MR) is 92.6 cm³/mol. The van der Waals surface area contributed by atoms with Crippen LogP contribution >= 0.6 is 0 Å². The van der Waals surface area contributed by atoms with Crippen LogP contribution in [0.25, 0.3) is 0 Å². The number of amides is 1. The summed E-state index contributed by atoms with van der Waals surface area (Å²) in [6, 6.07) is 8.13. The SMILES string of the molecule is Cc1ccc(C(=O)NC(CC(=O)OC(C)C)c2ccccc2[N+](=O)[O-])o1. The Bertz CT molecular complexity index is 812. The smallest absolute Gasteiger partial charge is 0.308 e. The number of carbonyl (C=O) groups excluding carboxylic acids is 2. The zero-order chi connectivity index (χ0) is 19.3. The van der Waals surface area contributed by atoms with Gasteiger partial charge in [0, 0.05) is 6.07 Å². The van der Waals surface area contributed by atoms with Crippen molar-refractivity contribution in [3.8, 4) is 0 Å². The molecule has 8 nitrogen and oxygen atoms in total. The molecule has 138 valence electrons. The van der Waals surface area contributed by atoms with Crippen LogP contribution in [-0.2, 0) is 9.53 Å². The lowest BCUT2D eigenvalue weighted by molar-refractivity contribution is -0.385. The summed E-state index contributed by atoms with van der Waals surface area (Å²) in [7, 11) is 0. The number of nitro benzene ring substituents is 1. The van der Waals surface area contributed by atoms with Crippen molar-refractivity contribution < 1.29 is 23.7 Å². The molecular weight excluding hydrogens is 340 g/mol. The summed E-state index contributed by atoms with van der Waals surface area (Å²) >= 11 is 0. The molecule has 2 rings (SSSR count). The van der Waals surface area contributed by atoms with Gasteiger partial charge < -0.3 is 14.5 Å². The second-order valence-corrected chi connectivity index (χ2v) is 6.00. The van der Waals surface area contributed by atoms with Crippen molar-refractivity contribution in [2.75, 3.05) is 0 Å². The van der Waals surface area contributed by atoms with Crippen molar-refractivity contribution in [2.45, 2.75) is 39.3 Å². The highest BCUT2D eigenvalue weighted by atomic mass is 16.6. The Morgan fingerprint density at radius 1 is 1.23 bits per heavy atom. The van der Waals surface area contributed by atoms with E-state index in [1.807, 2.05) is 0 Å². The van der Waals surface area contributed by atoms with Gasteiger partial charge in [-0.2, -0.15) is 0 Å². The first-order valence-corrected chi connectivity index (χ1v) is 8.08. The number of aryl methyl sites for hydroxylation is 1. The van der Waals surface area contributed by atoms with Gasteiger partial charge in [-0.3, -0.25) is 19.7 Å². The number of para-hydroxylation sites is 1. The van der Waals surface area contributed by atoms with E-state index in [-0.39, 0.29) is 29.5 Å². The molecule has 1 heterocycles. The van der Waals surface area contributed by atoms with E-state index in [2.05, 4.69) is 5.32 Å². The Labute approximate surface area is 150 Å². The minimum Gasteiger partial charge on any atom is -0.463 e. The fraction of sp³-hybridized carbons (Fsp3) is 0.333. The number of rotatable bonds is 7. The number of nitrogens with one attached hydrogen (secondary N) is 1. The Morgan fingerprint density at radius 3 is 2.50 bits per heavy atom. The number of esters is 1. The predicted octanol–water partition coefficient (Wildman–Crippen LogP) is 3.31. The third-order valence-electron chi connectivity index (χ3n) is 3.52. The molecule has 26 heavy (non-hydrogen) atoms. The number of nitro groups is 1. The molecule has 0 aliphatic heterocycles. The van der Waals surface area contributed by atoms with Crippen LogP contribution in [-0.4, -0.2) is 22.9 Å². The Morgan fingerprint density at radius 2 is 1.92 bits per heavy atom. The summed E-state index contributed by atoms with van der Waals surface area (Å²) in [4.78, 5) is 35.2. The molecular formula is C18H20N2O6. The molecule has 0 fully saturated rings. The van der Waals surface area contributed by atoms with E-state index in [9.17, 15) is 19.7 Å². The summed E-state index contributed by atoms with van der Waals surface area (Å²) in [5.41, 5.74) is 0.0283. The van der Waals surface area contributed by atoms with Gasteiger partial charge in [0.25, 0.3) is 11.6 Å². The van der Waals surface area contributed by atoms with Crippen LogP contribution in [0.2, 0.25) is 0 Å². The largest absolute Gasteiger partial charge is 0.463 e. The van der Waals surface area contributed by atoms with Crippen molar-refractivity contribution in [3.63, 3.8) is 0 Å². The number of ether oxygens (including phenoxy) is 1. The van der Waals surface area contributed by atoms with E-state index in [0.717, 1.165) is 0 Å². The Kier molecular flexibility index (Phi) is 6.11. The quantitative estimate of drug-likeness (QED) is 0.460. The van der Waals surface area contributed by atoms with Crippen molar-refractivity contribution >= 4 is 17.6 Å². The Balaban J connectivity index is 2.31. The number of benzene rings is 1. The third-order valence-corrected chi connectivity index (χ3v) is 3.52. The van der Waals surface area contributed by atoms with Gasteiger partial charge in [0.1, 0.15) is 5.76 Å². The van der Waals surface area contributed by atoms with Crippen LogP contribution in [0.3, 0.4) is 0 Å². The molecule has 0 radical (unpaired) electrons. The van der Waals surface area contributed by atoms with Crippen molar-refractivity contribution in [1.29, 1.82) is 0 Å². The van der Waals surface area contributed by atoms with Crippen LogP contribution in [0.1, 0.15) is 48.2 Å². The number of carbonyl (C=O) groups is 2. The van der Waals surface area contributed by atoms with Gasteiger partial charge in [-0.15, -0.1) is 0 Å². The van der Waals surface area contributed by atoms with E-state index in [0.29, 0.717) is 5.76 Å². The summed E-state index contributed by atoms with van der Waals surface area (Å²) < 4.78 is 10.4. The van der Waals surface area contributed by atoms with E-state index >= 15 is 0 Å². The van der Waals surface area contributed by atoms with Crippen LogP contribution in [0.4, 0.5) is 5.69 Å². The maximum Gasteiger partial charge on any atom is 0.308 e. The van der Waals surface area contributed by atoms with Crippen LogP contribution in [0.15, 0.2) is 40.8 Å². The van der Waals surface area contributed by atoms with Crippen molar-refractivity contribution in [2.24, 2.45) is 0 Å². The molecule has 1 atom stereocenters. The lowest BCUT2D eigenvalue weighted by atomic mass is 10.0. The zero-order valence-corrected chi connectivity index (χ0v) is 14.7. The number of hydrogen-bond acceptors (Lipinski definition) is 6. The fourth-order valence-electron chi connectivity index (χ4n) is 2.45. The number of hydrogen-bond donors (Lipinski definition) is 1. The average Bonchev–Trinajstić information content (AvgIpc) is 3.00. The minimum atomic E-state index is -0.930. The molecule has 1 aromatic carbocycles. The summed E-state index contributed by atoms with van der Waals surface area (Å²) in [5.74, 6) is -0.530. The van der Waals surface area contributed by atoms with Gasteiger partial charge in [-0.25, -0.2) is 0 Å². The highest BCUT2D eigenvalue weighted by Gasteiger charge is 2.27. The van der Waals surface area contributed by atoms with Crippen LogP contribution < -0.4 is 5.32 Å². The maximum absolute atomic E-state index is 12.4. The van der Waals surface area contributed by atoms with Crippen molar-refractivity contribution in [1.82, 2.24) is 5.32 Å². The first-order valence-electron chi connectivity index (χ1n) is 8.08. The monoisotopic (exact) mass is 360 g/mol. The molecule has 1 aromatic heterocycles. The number of nitrogens with zero attached hydrogens (tertiary/aromatic N) is 1. The van der Waals surface area contributed by atoms with E-state index < -0.39 is 22.8 Å². The third kappa shape index (κ3) is 4.92. The highest BCUT2D eigenvalue weighted by molar-refractivity contribution is 5.92. The second-order valence-electron chi connectivity index (χ2n) is 6.00. The molecule has 0 bridgehead atoms. The van der Waals surface area contributed by atoms with E-state index in [1.165, 1.54) is 24.3 Å². The summed E-state index contributed by atoms with van der Waals surface area (Å²) in [6.45, 7) is 5.08. The van der Waals surface area contributed by atoms with Crippen LogP contribution in [0, 0.1) is 17.0 Å². The highest BCUT2D eigenvalue weighted by Crippen LogP contribution is 2.28. The first-order chi connectivity index (χ1) is 12.3. The summed E-state index contributed by atoms with van der Waals surface area (Å²) in [5, 5.41) is 13.9. The molecule has 0 spiro atoms. The normalized spacial score (nSPS) is 11.8. The average molecular weight is 360 g/mol. The molecule has 1 unspecified atom stereocenters. The minimum absolute atomic E-state index is 0.0586. The molecule has 0 aliphatic rings. The molecule has 1 amide bonds. The lowest BCUT2D eigenvalue weighted by Gasteiger charge is -2.19. The second kappa shape index (κ2) is 8.28. The molecule has 0 saturated heterocycles. The molecule has 2 aromatic rings. The van der Waals surface area contributed by atoms with E-state index in [4.69, 9.17) is 9.15 Å². The zero-order valence-electron chi connectivity index (χ0n) is 14.7. The number of furan rings is 1. The molecule has 1 N–H and O–H groups in total. The topological polar surface area (TPSA) is 112 Å². The standard InChI is InChI=1S/C18H20N2O6/c1-11(2)25-17(21)10-14(13-6-4-5-7-15(13)20(23)24)19-18(22)16-9-8-12(3)26-16/h4-9,11,14H,10H2,1-3H3,(H,19,22). The maximum atomic E-state index is 12.4. The van der Waals surface area contributed by atoms with Crippen LogP contribution in [0.5, 0.6) is 0 Å².